The third-order valence-electron chi connectivity index (χ3n) is 3.97. The van der Waals surface area contributed by atoms with Gasteiger partial charge in [0, 0.05) is 19.2 Å². The lowest BCUT2D eigenvalue weighted by atomic mass is 10.0. The number of benzene rings is 2. The number of nitro benzene ring substituents is 1. The SMILES string of the molecule is CN1NC(Cc2ccccc2)C(=NNc2cc([N+](=O)[O-])ccc2O)C1=O. The number of phenolic OH excluding ortho intramolecular Hbond substituents is 1. The first-order chi connectivity index (χ1) is 12.5. The number of hydrogen-bond acceptors (Lipinski definition) is 7. The molecule has 1 amide bonds. The quantitative estimate of drug-likeness (QED) is 0.426. The minimum absolute atomic E-state index is 0.0486. The van der Waals surface area contributed by atoms with Crippen molar-refractivity contribution in [3.63, 3.8) is 0 Å². The number of aromatic hydroxyl groups is 1. The van der Waals surface area contributed by atoms with Crippen LogP contribution in [0.4, 0.5) is 11.4 Å². The van der Waals surface area contributed by atoms with Gasteiger partial charge in [-0.15, -0.1) is 0 Å². The van der Waals surface area contributed by atoms with Gasteiger partial charge < -0.3 is 5.11 Å². The standard InChI is InChI=1S/C17H17N5O4/c1-21-17(24)16(14(20-21)9-11-5-3-2-4-6-11)19-18-13-10-12(22(25)26)7-8-15(13)23/h2-8,10,14,18,20,23H,9H2,1H3. The van der Waals surface area contributed by atoms with Crippen LogP contribution in [0.25, 0.3) is 0 Å². The Morgan fingerprint density at radius 2 is 2.04 bits per heavy atom. The Morgan fingerprint density at radius 3 is 2.73 bits per heavy atom. The van der Waals surface area contributed by atoms with Crippen molar-refractivity contribution >= 4 is 23.0 Å². The molecule has 0 saturated carbocycles. The van der Waals surface area contributed by atoms with Crippen LogP contribution in [0.3, 0.4) is 0 Å². The summed E-state index contributed by atoms with van der Waals surface area (Å²) in [6, 6.07) is 12.8. The molecule has 1 fully saturated rings. The van der Waals surface area contributed by atoms with Crippen LogP contribution >= 0.6 is 0 Å². The van der Waals surface area contributed by atoms with Crippen LogP contribution in [0.5, 0.6) is 5.75 Å². The lowest BCUT2D eigenvalue weighted by Crippen LogP contribution is -2.35. The monoisotopic (exact) mass is 355 g/mol. The molecule has 134 valence electrons. The minimum Gasteiger partial charge on any atom is -0.506 e. The van der Waals surface area contributed by atoms with E-state index in [4.69, 9.17) is 0 Å². The van der Waals surface area contributed by atoms with Crippen molar-refractivity contribution in [1.82, 2.24) is 10.4 Å². The van der Waals surface area contributed by atoms with Crippen molar-refractivity contribution < 1.29 is 14.8 Å². The minimum atomic E-state index is -0.577. The van der Waals surface area contributed by atoms with Gasteiger partial charge >= 0.3 is 0 Å². The van der Waals surface area contributed by atoms with Crippen LogP contribution in [-0.2, 0) is 11.2 Å². The predicted molar refractivity (Wildman–Crippen MR) is 95.7 cm³/mol. The number of carbonyl (C=O) groups is 1. The fourth-order valence-corrected chi connectivity index (χ4v) is 2.64. The molecule has 1 unspecified atom stereocenters. The van der Waals surface area contributed by atoms with E-state index in [0.717, 1.165) is 11.6 Å². The van der Waals surface area contributed by atoms with Crippen LogP contribution in [0.2, 0.25) is 0 Å². The maximum Gasteiger partial charge on any atom is 0.285 e. The molecule has 1 heterocycles. The van der Waals surface area contributed by atoms with Gasteiger partial charge in [0.15, 0.2) is 0 Å². The first-order valence-corrected chi connectivity index (χ1v) is 7.85. The fraction of sp³-hybridized carbons (Fsp3) is 0.176. The molecule has 1 atom stereocenters. The van der Waals surface area contributed by atoms with Crippen LogP contribution in [-0.4, -0.2) is 39.7 Å². The van der Waals surface area contributed by atoms with Crippen molar-refractivity contribution in [2.24, 2.45) is 5.10 Å². The maximum absolute atomic E-state index is 12.3. The zero-order valence-corrected chi connectivity index (χ0v) is 13.9. The third kappa shape index (κ3) is 3.62. The second-order valence-electron chi connectivity index (χ2n) is 5.80. The molecule has 2 aromatic carbocycles. The number of phenols is 1. The molecule has 1 saturated heterocycles. The van der Waals surface area contributed by atoms with Gasteiger partial charge in [-0.25, -0.2) is 5.43 Å². The van der Waals surface area contributed by atoms with Crippen molar-refractivity contribution in [2.45, 2.75) is 12.5 Å². The number of carbonyl (C=O) groups excluding carboxylic acids is 1. The highest BCUT2D eigenvalue weighted by Crippen LogP contribution is 2.28. The van der Waals surface area contributed by atoms with Crippen molar-refractivity contribution in [3.05, 3.63) is 64.2 Å². The van der Waals surface area contributed by atoms with Gasteiger partial charge in [0.05, 0.1) is 11.0 Å². The molecule has 1 aliphatic rings. The third-order valence-corrected chi connectivity index (χ3v) is 3.97. The van der Waals surface area contributed by atoms with E-state index in [0.29, 0.717) is 6.42 Å². The van der Waals surface area contributed by atoms with E-state index < -0.39 is 4.92 Å². The summed E-state index contributed by atoms with van der Waals surface area (Å²) < 4.78 is 0. The van der Waals surface area contributed by atoms with E-state index in [9.17, 15) is 20.0 Å². The Morgan fingerprint density at radius 1 is 1.31 bits per heavy atom. The number of nitro groups is 1. The summed E-state index contributed by atoms with van der Waals surface area (Å²) in [6.45, 7) is 0. The molecule has 1 aliphatic heterocycles. The average Bonchev–Trinajstić information content (AvgIpc) is 2.88. The first kappa shape index (κ1) is 17.4. The van der Waals surface area contributed by atoms with Crippen LogP contribution in [0.15, 0.2) is 53.6 Å². The highest BCUT2D eigenvalue weighted by Gasteiger charge is 2.34. The summed E-state index contributed by atoms with van der Waals surface area (Å²) in [5.74, 6) is -0.519. The first-order valence-electron chi connectivity index (χ1n) is 7.85. The lowest BCUT2D eigenvalue weighted by Gasteiger charge is -2.12. The van der Waals surface area contributed by atoms with Gasteiger partial charge in [-0.05, 0) is 18.1 Å². The molecule has 0 aromatic heterocycles. The molecule has 0 aliphatic carbocycles. The second-order valence-corrected chi connectivity index (χ2v) is 5.80. The van der Waals surface area contributed by atoms with E-state index in [1.54, 1.807) is 7.05 Å². The van der Waals surface area contributed by atoms with Crippen LogP contribution in [0, 0.1) is 10.1 Å². The molecule has 3 rings (SSSR count). The molecular weight excluding hydrogens is 338 g/mol. The zero-order chi connectivity index (χ0) is 18.7. The zero-order valence-electron chi connectivity index (χ0n) is 13.9. The Bertz CT molecular complexity index is 869. The van der Waals surface area contributed by atoms with Crippen molar-refractivity contribution in [1.29, 1.82) is 0 Å². The van der Waals surface area contributed by atoms with Gasteiger partial charge in [0.25, 0.3) is 11.6 Å². The van der Waals surface area contributed by atoms with Gasteiger partial charge in [0.1, 0.15) is 17.1 Å². The predicted octanol–water partition coefficient (Wildman–Crippen LogP) is 1.66. The van der Waals surface area contributed by atoms with Gasteiger partial charge in [-0.1, -0.05) is 30.3 Å². The molecule has 0 spiro atoms. The lowest BCUT2D eigenvalue weighted by molar-refractivity contribution is -0.384. The molecular formula is C17H17N5O4. The Balaban J connectivity index is 1.84. The summed E-state index contributed by atoms with van der Waals surface area (Å²) in [4.78, 5) is 22.6. The van der Waals surface area contributed by atoms with Gasteiger partial charge in [-0.3, -0.25) is 25.3 Å². The van der Waals surface area contributed by atoms with Crippen molar-refractivity contribution in [3.8, 4) is 5.75 Å². The highest BCUT2D eigenvalue weighted by atomic mass is 16.6. The number of anilines is 1. The summed E-state index contributed by atoms with van der Waals surface area (Å²) in [7, 11) is 1.59. The van der Waals surface area contributed by atoms with Crippen LogP contribution in [0.1, 0.15) is 5.56 Å². The van der Waals surface area contributed by atoms with E-state index in [-0.39, 0.29) is 34.8 Å². The number of nitrogens with zero attached hydrogens (tertiary/aromatic N) is 3. The van der Waals surface area contributed by atoms with E-state index >= 15 is 0 Å². The fourth-order valence-electron chi connectivity index (χ4n) is 2.64. The smallest absolute Gasteiger partial charge is 0.285 e. The molecule has 26 heavy (non-hydrogen) atoms. The molecule has 3 N–H and O–H groups in total. The van der Waals surface area contributed by atoms with E-state index in [1.807, 2.05) is 30.3 Å². The van der Waals surface area contributed by atoms with E-state index in [1.165, 1.54) is 17.1 Å². The number of hydrazone groups is 1. The second kappa shape index (κ2) is 7.19. The van der Waals surface area contributed by atoms with E-state index in [2.05, 4.69) is 16.0 Å². The molecule has 0 radical (unpaired) electrons. The summed E-state index contributed by atoms with van der Waals surface area (Å²) in [5, 5.41) is 26.1. The largest absolute Gasteiger partial charge is 0.506 e. The Kier molecular flexibility index (Phi) is 4.81. The number of non-ortho nitro benzene ring substituents is 1. The molecule has 9 heteroatoms. The Hall–Kier alpha value is -3.46. The maximum atomic E-state index is 12.3. The van der Waals surface area contributed by atoms with Crippen LogP contribution < -0.4 is 10.9 Å². The number of rotatable bonds is 5. The summed E-state index contributed by atoms with van der Waals surface area (Å²) in [5.41, 5.74) is 6.69. The van der Waals surface area contributed by atoms with Gasteiger partial charge in [-0.2, -0.15) is 5.10 Å². The number of hydrogen-bond donors (Lipinski definition) is 3. The number of amides is 1. The van der Waals surface area contributed by atoms with Crippen molar-refractivity contribution in [2.75, 3.05) is 12.5 Å². The topological polar surface area (TPSA) is 120 Å². The summed E-state index contributed by atoms with van der Waals surface area (Å²) in [6.07, 6.45) is 0.540. The number of hydrazine groups is 1. The van der Waals surface area contributed by atoms with Gasteiger partial charge in [0.2, 0.25) is 0 Å². The molecule has 0 bridgehead atoms. The molecule has 2 aromatic rings. The molecule has 9 nitrogen and oxygen atoms in total. The normalized spacial score (nSPS) is 18.3. The summed E-state index contributed by atoms with van der Waals surface area (Å²) >= 11 is 0. The average molecular weight is 355 g/mol. The Labute approximate surface area is 149 Å². The highest BCUT2D eigenvalue weighted by molar-refractivity contribution is 6.42. The number of nitrogens with one attached hydrogen (secondary N) is 2.